The highest BCUT2D eigenvalue weighted by Crippen LogP contribution is 2.33. The minimum absolute atomic E-state index is 0.244. The van der Waals surface area contributed by atoms with Gasteiger partial charge in [-0.15, -0.1) is 0 Å². The van der Waals surface area contributed by atoms with E-state index in [0.717, 1.165) is 5.56 Å². The number of methoxy groups -OCH3 is 3. The first-order valence-corrected chi connectivity index (χ1v) is 7.07. The Labute approximate surface area is 134 Å². The molecule has 1 aliphatic rings. The Morgan fingerprint density at radius 2 is 2.05 bits per heavy atom. The monoisotopic (exact) mass is 322 g/mol. The molecule has 2 rings (SSSR count). The second-order valence-corrected chi connectivity index (χ2v) is 4.90. The van der Waals surface area contributed by atoms with Crippen LogP contribution in [0.4, 0.5) is 0 Å². The maximum Gasteiger partial charge on any atom is 0.274 e. The lowest BCUT2D eigenvalue weighted by Gasteiger charge is -2.17. The summed E-state index contributed by atoms with van der Waals surface area (Å²) in [6.45, 7) is 0.952. The molecule has 0 aromatic heterocycles. The lowest BCUT2D eigenvalue weighted by molar-refractivity contribution is -0.115. The SMILES string of the molecule is COCCN1C(=S)NC(=O)/C1=C\c1cccc(OC)c1OC. The molecule has 0 spiro atoms. The van der Waals surface area contributed by atoms with Crippen molar-refractivity contribution < 1.29 is 19.0 Å². The van der Waals surface area contributed by atoms with Gasteiger partial charge in [-0.25, -0.2) is 0 Å². The molecule has 1 amide bonds. The highest BCUT2D eigenvalue weighted by Gasteiger charge is 2.30. The smallest absolute Gasteiger partial charge is 0.274 e. The zero-order chi connectivity index (χ0) is 16.1. The molecule has 7 heteroatoms. The number of amides is 1. The van der Waals surface area contributed by atoms with Crippen molar-refractivity contribution in [1.29, 1.82) is 0 Å². The van der Waals surface area contributed by atoms with Crippen LogP contribution < -0.4 is 14.8 Å². The lowest BCUT2D eigenvalue weighted by atomic mass is 10.1. The van der Waals surface area contributed by atoms with E-state index < -0.39 is 0 Å². The molecule has 0 aliphatic carbocycles. The number of nitrogens with zero attached hydrogens (tertiary/aromatic N) is 1. The largest absolute Gasteiger partial charge is 0.493 e. The Hall–Kier alpha value is -2.12. The van der Waals surface area contributed by atoms with Gasteiger partial charge in [0.05, 0.1) is 20.8 Å². The van der Waals surface area contributed by atoms with E-state index in [2.05, 4.69) is 5.32 Å². The summed E-state index contributed by atoms with van der Waals surface area (Å²) >= 11 is 5.18. The fourth-order valence-corrected chi connectivity index (χ4v) is 2.46. The molecule has 118 valence electrons. The van der Waals surface area contributed by atoms with Crippen molar-refractivity contribution in [3.8, 4) is 11.5 Å². The molecular weight excluding hydrogens is 304 g/mol. The Bertz CT molecular complexity index is 616. The molecule has 0 saturated carbocycles. The number of thiocarbonyl (C=S) groups is 1. The van der Waals surface area contributed by atoms with E-state index in [1.807, 2.05) is 12.1 Å². The van der Waals surface area contributed by atoms with E-state index in [1.54, 1.807) is 38.4 Å². The van der Waals surface area contributed by atoms with Crippen molar-refractivity contribution in [2.75, 3.05) is 34.5 Å². The van der Waals surface area contributed by atoms with Crippen LogP contribution in [0.2, 0.25) is 0 Å². The van der Waals surface area contributed by atoms with E-state index in [1.165, 1.54) is 0 Å². The molecule has 0 bridgehead atoms. The number of nitrogens with one attached hydrogen (secondary N) is 1. The van der Waals surface area contributed by atoms with Gasteiger partial charge in [0.1, 0.15) is 5.70 Å². The molecular formula is C15H18N2O4S. The summed E-state index contributed by atoms with van der Waals surface area (Å²) < 4.78 is 15.7. The van der Waals surface area contributed by atoms with Crippen LogP contribution >= 0.6 is 12.2 Å². The van der Waals surface area contributed by atoms with E-state index in [0.29, 0.717) is 35.5 Å². The van der Waals surface area contributed by atoms with E-state index >= 15 is 0 Å². The van der Waals surface area contributed by atoms with Gasteiger partial charge in [0.25, 0.3) is 5.91 Å². The number of benzene rings is 1. The number of para-hydroxylation sites is 1. The van der Waals surface area contributed by atoms with Crippen molar-refractivity contribution in [3.05, 3.63) is 29.5 Å². The number of hydrogen-bond donors (Lipinski definition) is 1. The Morgan fingerprint density at radius 1 is 1.27 bits per heavy atom. The molecule has 6 nitrogen and oxygen atoms in total. The van der Waals surface area contributed by atoms with Gasteiger partial charge in [0, 0.05) is 19.2 Å². The molecule has 1 saturated heterocycles. The molecule has 0 atom stereocenters. The van der Waals surface area contributed by atoms with Crippen molar-refractivity contribution in [2.45, 2.75) is 0 Å². The predicted molar refractivity (Wildman–Crippen MR) is 86.8 cm³/mol. The van der Waals surface area contributed by atoms with Crippen LogP contribution in [0.5, 0.6) is 11.5 Å². The molecule has 1 aromatic rings. The predicted octanol–water partition coefficient (Wildman–Crippen LogP) is 1.41. The van der Waals surface area contributed by atoms with Gasteiger partial charge in [-0.05, 0) is 24.4 Å². The normalized spacial score (nSPS) is 16.1. The van der Waals surface area contributed by atoms with E-state index in [4.69, 9.17) is 26.4 Å². The number of carbonyl (C=O) groups is 1. The summed E-state index contributed by atoms with van der Waals surface area (Å²) in [5.74, 6) is 0.919. The number of carbonyl (C=O) groups excluding carboxylic acids is 1. The molecule has 22 heavy (non-hydrogen) atoms. The van der Waals surface area contributed by atoms with Gasteiger partial charge in [-0.2, -0.15) is 0 Å². The molecule has 1 aromatic carbocycles. The zero-order valence-corrected chi connectivity index (χ0v) is 13.5. The average molecular weight is 322 g/mol. The van der Waals surface area contributed by atoms with E-state index in [9.17, 15) is 4.79 Å². The number of hydrogen-bond acceptors (Lipinski definition) is 5. The van der Waals surface area contributed by atoms with Gasteiger partial charge in [-0.3, -0.25) is 10.1 Å². The summed E-state index contributed by atoms with van der Waals surface area (Å²) in [6, 6.07) is 5.47. The third-order valence-electron chi connectivity index (χ3n) is 3.23. The third kappa shape index (κ3) is 3.20. The highest BCUT2D eigenvalue weighted by molar-refractivity contribution is 7.80. The van der Waals surface area contributed by atoms with Gasteiger partial charge in [0.2, 0.25) is 0 Å². The van der Waals surface area contributed by atoms with Crippen molar-refractivity contribution in [3.63, 3.8) is 0 Å². The maximum absolute atomic E-state index is 12.1. The maximum atomic E-state index is 12.1. The standard InChI is InChI=1S/C15H18N2O4S/c1-19-8-7-17-11(14(18)16-15(17)22)9-10-5-4-6-12(20-2)13(10)21-3/h4-6,9H,7-8H2,1-3H3,(H,16,18,22)/b11-9+. The van der Waals surface area contributed by atoms with Gasteiger partial charge < -0.3 is 19.1 Å². The topological polar surface area (TPSA) is 60.0 Å². The van der Waals surface area contributed by atoms with Gasteiger partial charge in [0.15, 0.2) is 16.6 Å². The quantitative estimate of drug-likeness (QED) is 0.631. The highest BCUT2D eigenvalue weighted by atomic mass is 32.1. The third-order valence-corrected chi connectivity index (χ3v) is 3.56. The average Bonchev–Trinajstić information content (AvgIpc) is 2.78. The Kier molecular flexibility index (Phi) is 5.35. The molecule has 1 heterocycles. The molecule has 1 fully saturated rings. The summed E-state index contributed by atoms with van der Waals surface area (Å²) in [5.41, 5.74) is 1.19. The lowest BCUT2D eigenvalue weighted by Crippen LogP contribution is -2.30. The summed E-state index contributed by atoms with van der Waals surface area (Å²) in [5, 5.41) is 3.01. The number of ether oxygens (including phenoxy) is 3. The van der Waals surface area contributed by atoms with Crippen LogP contribution in [0.3, 0.4) is 0 Å². The van der Waals surface area contributed by atoms with Crippen LogP contribution in [0.25, 0.3) is 6.08 Å². The minimum Gasteiger partial charge on any atom is -0.493 e. The molecule has 0 unspecified atom stereocenters. The van der Waals surface area contributed by atoms with Crippen molar-refractivity contribution in [2.24, 2.45) is 0 Å². The van der Waals surface area contributed by atoms with Crippen molar-refractivity contribution >= 4 is 29.3 Å². The zero-order valence-electron chi connectivity index (χ0n) is 12.7. The van der Waals surface area contributed by atoms with Crippen LogP contribution in [0, 0.1) is 0 Å². The van der Waals surface area contributed by atoms with Crippen LogP contribution in [-0.2, 0) is 9.53 Å². The summed E-state index contributed by atoms with van der Waals surface area (Å²) in [7, 11) is 4.72. The fraction of sp³-hybridized carbons (Fsp3) is 0.333. The first-order valence-electron chi connectivity index (χ1n) is 6.66. The molecule has 1 N–H and O–H groups in total. The summed E-state index contributed by atoms with van der Waals surface area (Å²) in [4.78, 5) is 13.8. The summed E-state index contributed by atoms with van der Waals surface area (Å²) in [6.07, 6.45) is 1.73. The first-order chi connectivity index (χ1) is 10.6. The van der Waals surface area contributed by atoms with Gasteiger partial charge in [-0.1, -0.05) is 12.1 Å². The van der Waals surface area contributed by atoms with E-state index in [-0.39, 0.29) is 5.91 Å². The second-order valence-electron chi connectivity index (χ2n) is 4.52. The Morgan fingerprint density at radius 3 is 2.68 bits per heavy atom. The van der Waals surface area contributed by atoms with Gasteiger partial charge >= 0.3 is 0 Å². The minimum atomic E-state index is -0.244. The van der Waals surface area contributed by atoms with Crippen molar-refractivity contribution in [1.82, 2.24) is 10.2 Å². The van der Waals surface area contributed by atoms with Crippen LogP contribution in [-0.4, -0.2) is 50.4 Å². The van der Waals surface area contributed by atoms with Crippen LogP contribution in [0.15, 0.2) is 23.9 Å². The second kappa shape index (κ2) is 7.24. The Balaban J connectivity index is 2.41. The molecule has 1 aliphatic heterocycles. The fourth-order valence-electron chi connectivity index (χ4n) is 2.18. The molecule has 0 radical (unpaired) electrons. The number of rotatable bonds is 6. The van der Waals surface area contributed by atoms with Crippen LogP contribution in [0.1, 0.15) is 5.56 Å². The first kappa shape index (κ1) is 16.3.